The van der Waals surface area contributed by atoms with Crippen LogP contribution in [0, 0.1) is 5.82 Å². The lowest BCUT2D eigenvalue weighted by Gasteiger charge is -2.12. The van der Waals surface area contributed by atoms with Crippen LogP contribution >= 0.6 is 11.3 Å². The zero-order valence-electron chi connectivity index (χ0n) is 16.8. The van der Waals surface area contributed by atoms with Crippen molar-refractivity contribution in [2.45, 2.75) is 17.7 Å². The van der Waals surface area contributed by atoms with Gasteiger partial charge in [-0.25, -0.2) is 23.0 Å². The molecule has 7 nitrogen and oxygen atoms in total. The average Bonchev–Trinajstić information content (AvgIpc) is 3.15. The number of hydroxylamine groups is 2. The molecule has 0 saturated heterocycles. The van der Waals surface area contributed by atoms with Crippen molar-refractivity contribution >= 4 is 27.3 Å². The highest BCUT2D eigenvalue weighted by molar-refractivity contribution is 7.89. The van der Waals surface area contributed by atoms with Gasteiger partial charge in [0.2, 0.25) is 15.9 Å². The number of carbonyl (C=O) groups is 1. The first-order chi connectivity index (χ1) is 14.6. The summed E-state index contributed by atoms with van der Waals surface area (Å²) >= 11 is 1.40. The zero-order chi connectivity index (χ0) is 22.8. The van der Waals surface area contributed by atoms with Crippen LogP contribution in [0.3, 0.4) is 0 Å². The van der Waals surface area contributed by atoms with Crippen LogP contribution in [-0.4, -0.2) is 38.8 Å². The summed E-state index contributed by atoms with van der Waals surface area (Å²) in [5.74, 6) is -0.866. The molecule has 31 heavy (non-hydrogen) atoms. The molecule has 1 aromatic heterocycles. The number of ether oxygens (including phenoxy) is 1. The number of methoxy groups -OCH3 is 1. The van der Waals surface area contributed by atoms with Gasteiger partial charge in [0.1, 0.15) is 0 Å². The largest absolute Gasteiger partial charge is 0.494 e. The molecule has 0 unspecified atom stereocenters. The normalized spacial score (nSPS) is 11.4. The Morgan fingerprint density at radius 2 is 1.84 bits per heavy atom. The number of amides is 1. The van der Waals surface area contributed by atoms with Gasteiger partial charge in [0.05, 0.1) is 12.0 Å². The van der Waals surface area contributed by atoms with E-state index in [1.807, 2.05) is 5.38 Å². The van der Waals surface area contributed by atoms with E-state index in [1.165, 1.54) is 49.8 Å². The van der Waals surface area contributed by atoms with Gasteiger partial charge in [-0.2, -0.15) is 0 Å². The van der Waals surface area contributed by atoms with E-state index in [4.69, 9.17) is 9.88 Å². The number of hydrogen-bond donors (Lipinski definition) is 2. The van der Waals surface area contributed by atoms with Gasteiger partial charge < -0.3 is 4.74 Å². The van der Waals surface area contributed by atoms with Crippen LogP contribution in [0.15, 0.2) is 52.7 Å². The third-order valence-electron chi connectivity index (χ3n) is 4.73. The maximum Gasteiger partial charge on any atom is 0.246 e. The molecule has 0 aliphatic rings. The van der Waals surface area contributed by atoms with Crippen molar-refractivity contribution in [3.05, 3.63) is 58.5 Å². The Morgan fingerprint density at radius 1 is 1.19 bits per heavy atom. The first kappa shape index (κ1) is 22.9. The highest BCUT2D eigenvalue weighted by Gasteiger charge is 2.19. The molecule has 0 aliphatic heterocycles. The molecular formula is C21H21FN2O5S2. The molecule has 2 aromatic carbocycles. The third-order valence-corrected chi connectivity index (χ3v) is 6.70. The predicted molar refractivity (Wildman–Crippen MR) is 116 cm³/mol. The molecule has 164 valence electrons. The van der Waals surface area contributed by atoms with Gasteiger partial charge in [-0.05, 0) is 47.2 Å². The summed E-state index contributed by atoms with van der Waals surface area (Å²) in [5, 5.41) is 16.9. The molecule has 0 bridgehead atoms. The number of aryl methyl sites for hydroxylation is 1. The standard InChI is InChI=1S/C21H21FN2O5S2/c1-24(26)20(25)10-9-19-21(14-5-8-18(29-2)17(22)11-14)16(12-30-19)13-3-6-15(7-4-13)31(23,27)28/h3-8,11-12,26H,9-10H2,1-2H3,(H2,23,27,28). The molecule has 10 heteroatoms. The van der Waals surface area contributed by atoms with Gasteiger partial charge in [-0.1, -0.05) is 18.2 Å². The van der Waals surface area contributed by atoms with E-state index in [0.717, 1.165) is 16.0 Å². The number of primary sulfonamides is 1. The van der Waals surface area contributed by atoms with Crippen molar-refractivity contribution in [2.75, 3.05) is 14.2 Å². The number of nitrogens with zero attached hydrogens (tertiary/aromatic N) is 1. The molecular weight excluding hydrogens is 443 g/mol. The van der Waals surface area contributed by atoms with Gasteiger partial charge in [-0.15, -0.1) is 11.3 Å². The monoisotopic (exact) mass is 464 g/mol. The SMILES string of the molecule is COc1ccc(-c2c(-c3ccc(S(N)(=O)=O)cc3)csc2CCC(=O)N(C)O)cc1F. The number of nitrogens with two attached hydrogens (primary N) is 1. The highest BCUT2D eigenvalue weighted by atomic mass is 32.2. The number of carbonyl (C=O) groups excluding carboxylic acids is 1. The molecule has 0 spiro atoms. The molecule has 1 heterocycles. The molecule has 0 saturated carbocycles. The molecule has 0 atom stereocenters. The second kappa shape index (κ2) is 9.15. The van der Waals surface area contributed by atoms with E-state index in [1.54, 1.807) is 18.2 Å². The number of halogens is 1. The van der Waals surface area contributed by atoms with Crippen molar-refractivity contribution < 1.29 is 27.5 Å². The van der Waals surface area contributed by atoms with Crippen LogP contribution in [0.5, 0.6) is 5.75 Å². The van der Waals surface area contributed by atoms with E-state index in [0.29, 0.717) is 22.6 Å². The fraction of sp³-hybridized carbons (Fsp3) is 0.190. The highest BCUT2D eigenvalue weighted by Crippen LogP contribution is 2.41. The molecule has 3 rings (SSSR count). The van der Waals surface area contributed by atoms with E-state index in [2.05, 4.69) is 0 Å². The van der Waals surface area contributed by atoms with Crippen LogP contribution in [-0.2, 0) is 21.2 Å². The quantitative estimate of drug-likeness (QED) is 0.410. The fourth-order valence-electron chi connectivity index (χ4n) is 3.14. The summed E-state index contributed by atoms with van der Waals surface area (Å²) in [4.78, 5) is 12.7. The number of sulfonamides is 1. The second-order valence-electron chi connectivity index (χ2n) is 6.78. The lowest BCUT2D eigenvalue weighted by Crippen LogP contribution is -2.22. The summed E-state index contributed by atoms with van der Waals surface area (Å²) in [7, 11) is -1.19. The zero-order valence-corrected chi connectivity index (χ0v) is 18.5. The lowest BCUT2D eigenvalue weighted by atomic mass is 9.95. The van der Waals surface area contributed by atoms with Crippen LogP contribution in [0.25, 0.3) is 22.3 Å². The van der Waals surface area contributed by atoms with Crippen molar-refractivity contribution in [1.82, 2.24) is 5.06 Å². The number of rotatable bonds is 7. The van der Waals surface area contributed by atoms with E-state index in [9.17, 15) is 22.8 Å². The summed E-state index contributed by atoms with van der Waals surface area (Å²) in [6.45, 7) is 0. The fourth-order valence-corrected chi connectivity index (χ4v) is 4.73. The second-order valence-corrected chi connectivity index (χ2v) is 9.31. The minimum absolute atomic E-state index is 0.0136. The molecule has 0 fully saturated rings. The van der Waals surface area contributed by atoms with Gasteiger partial charge in [0, 0.05) is 29.5 Å². The van der Waals surface area contributed by atoms with Crippen molar-refractivity contribution in [1.29, 1.82) is 0 Å². The van der Waals surface area contributed by atoms with E-state index >= 15 is 0 Å². The Balaban J connectivity index is 2.09. The minimum atomic E-state index is -3.83. The van der Waals surface area contributed by atoms with Gasteiger partial charge in [-0.3, -0.25) is 10.0 Å². The molecule has 3 aromatic rings. The summed E-state index contributed by atoms with van der Waals surface area (Å²) in [6.07, 6.45) is 0.412. The average molecular weight is 465 g/mol. The Kier molecular flexibility index (Phi) is 6.75. The lowest BCUT2D eigenvalue weighted by molar-refractivity contribution is -0.159. The Hall–Kier alpha value is -2.79. The van der Waals surface area contributed by atoms with E-state index in [-0.39, 0.29) is 17.1 Å². The van der Waals surface area contributed by atoms with E-state index < -0.39 is 21.7 Å². The number of hydrogen-bond acceptors (Lipinski definition) is 6. The van der Waals surface area contributed by atoms with Gasteiger partial charge >= 0.3 is 0 Å². The smallest absolute Gasteiger partial charge is 0.246 e. The predicted octanol–water partition coefficient (Wildman–Crippen LogP) is 3.66. The minimum Gasteiger partial charge on any atom is -0.494 e. The maximum absolute atomic E-state index is 14.4. The first-order valence-corrected chi connectivity index (χ1v) is 11.6. The van der Waals surface area contributed by atoms with Crippen molar-refractivity contribution in [2.24, 2.45) is 5.14 Å². The van der Waals surface area contributed by atoms with Crippen LogP contribution in [0.4, 0.5) is 4.39 Å². The summed E-state index contributed by atoms with van der Waals surface area (Å²) in [5.41, 5.74) is 2.79. The van der Waals surface area contributed by atoms with Gasteiger partial charge in [0.15, 0.2) is 11.6 Å². The Bertz CT molecular complexity index is 1210. The topological polar surface area (TPSA) is 110 Å². The van der Waals surface area contributed by atoms with Crippen LogP contribution in [0.2, 0.25) is 0 Å². The summed E-state index contributed by atoms with van der Waals surface area (Å²) < 4.78 is 42.5. The third kappa shape index (κ3) is 5.10. The first-order valence-electron chi connectivity index (χ1n) is 9.14. The summed E-state index contributed by atoms with van der Waals surface area (Å²) in [6, 6.07) is 10.7. The van der Waals surface area contributed by atoms with Crippen molar-refractivity contribution in [3.8, 4) is 28.0 Å². The Morgan fingerprint density at radius 3 is 2.39 bits per heavy atom. The number of thiophene rings is 1. The maximum atomic E-state index is 14.4. The van der Waals surface area contributed by atoms with Crippen LogP contribution in [0.1, 0.15) is 11.3 Å². The molecule has 1 amide bonds. The molecule has 0 radical (unpaired) electrons. The number of benzene rings is 2. The Labute approximate surface area is 183 Å². The van der Waals surface area contributed by atoms with Gasteiger partial charge in [0.25, 0.3) is 0 Å². The van der Waals surface area contributed by atoms with Crippen molar-refractivity contribution in [3.63, 3.8) is 0 Å². The molecule has 3 N–H and O–H groups in total. The molecule has 0 aliphatic carbocycles. The van der Waals surface area contributed by atoms with Crippen LogP contribution < -0.4 is 9.88 Å².